The molecule has 0 saturated carbocycles. The highest BCUT2D eigenvalue weighted by Crippen LogP contribution is 2.15. The summed E-state index contributed by atoms with van der Waals surface area (Å²) in [6, 6.07) is 1.91. The second kappa shape index (κ2) is 4.34. The quantitative estimate of drug-likeness (QED) is 0.825. The molecule has 0 fully saturated rings. The van der Waals surface area contributed by atoms with Crippen LogP contribution in [0.3, 0.4) is 0 Å². The van der Waals surface area contributed by atoms with E-state index in [9.17, 15) is 26.0 Å². The number of sulfonamides is 1. The largest absolute Gasteiger partial charge is 0.402 e. The average Bonchev–Trinajstić information content (AvgIpc) is 2.14. The molecule has 0 aliphatic rings. The minimum Gasteiger partial charge on any atom is -0.241 e. The van der Waals surface area contributed by atoms with Crippen molar-refractivity contribution < 1.29 is 26.0 Å². The zero-order valence-electron chi connectivity index (χ0n) is 7.62. The molecular weight excluding hydrogens is 252 g/mol. The van der Waals surface area contributed by atoms with Crippen LogP contribution in [0.25, 0.3) is 0 Å². The predicted molar refractivity (Wildman–Crippen MR) is 45.4 cm³/mol. The maximum absolute atomic E-state index is 12.9. The van der Waals surface area contributed by atoms with Crippen LogP contribution in [-0.2, 0) is 10.0 Å². The first kappa shape index (κ1) is 12.8. The number of alkyl halides is 3. The number of pyridine rings is 1. The first-order valence-corrected chi connectivity index (χ1v) is 5.37. The first-order chi connectivity index (χ1) is 7.22. The van der Waals surface area contributed by atoms with Crippen molar-refractivity contribution in [3.63, 3.8) is 0 Å². The molecule has 0 atom stereocenters. The second-order valence-corrected chi connectivity index (χ2v) is 4.41. The Bertz CT molecular complexity index is 472. The van der Waals surface area contributed by atoms with Gasteiger partial charge in [0, 0.05) is 6.20 Å². The van der Waals surface area contributed by atoms with Gasteiger partial charge in [-0.25, -0.2) is 22.5 Å². The van der Waals surface area contributed by atoms with Crippen LogP contribution in [-0.4, -0.2) is 26.1 Å². The number of hydrogen-bond donors (Lipinski definition) is 1. The summed E-state index contributed by atoms with van der Waals surface area (Å²) < 4.78 is 71.8. The van der Waals surface area contributed by atoms with Gasteiger partial charge in [0.25, 0.3) is 10.0 Å². The number of hydrogen-bond acceptors (Lipinski definition) is 3. The molecule has 9 heteroatoms. The van der Waals surface area contributed by atoms with Crippen molar-refractivity contribution in [2.75, 3.05) is 6.54 Å². The molecule has 4 nitrogen and oxygen atoms in total. The molecule has 90 valence electrons. The zero-order valence-corrected chi connectivity index (χ0v) is 8.44. The van der Waals surface area contributed by atoms with Crippen LogP contribution < -0.4 is 4.72 Å². The lowest BCUT2D eigenvalue weighted by Crippen LogP contribution is -2.34. The van der Waals surface area contributed by atoms with Gasteiger partial charge in [-0.2, -0.15) is 13.2 Å². The Labute approximate surface area is 88.4 Å². The summed E-state index contributed by atoms with van der Waals surface area (Å²) in [7, 11) is -4.58. The molecule has 0 amide bonds. The first-order valence-electron chi connectivity index (χ1n) is 3.89. The SMILES string of the molecule is O=S(=O)(NCC(F)(F)F)c1ncccc1F. The van der Waals surface area contributed by atoms with Crippen molar-refractivity contribution >= 4 is 10.0 Å². The summed E-state index contributed by atoms with van der Waals surface area (Å²) in [5.41, 5.74) is 0. The Balaban J connectivity index is 2.92. The van der Waals surface area contributed by atoms with Gasteiger partial charge in [0.2, 0.25) is 5.03 Å². The van der Waals surface area contributed by atoms with E-state index in [1.54, 1.807) is 0 Å². The fourth-order valence-electron chi connectivity index (χ4n) is 0.814. The molecule has 0 aliphatic heterocycles. The van der Waals surface area contributed by atoms with Crippen molar-refractivity contribution in [3.05, 3.63) is 24.1 Å². The van der Waals surface area contributed by atoms with Crippen LogP contribution >= 0.6 is 0 Å². The standard InChI is InChI=1S/C7H6F4N2O2S/c8-5-2-1-3-12-6(5)16(14,15)13-4-7(9,10)11/h1-3,13H,4H2. The van der Waals surface area contributed by atoms with Crippen LogP contribution in [0.2, 0.25) is 0 Å². The molecule has 0 bridgehead atoms. The minimum atomic E-state index is -4.71. The predicted octanol–water partition coefficient (Wildman–Crippen LogP) is 1.06. The fourth-order valence-corrected chi connectivity index (χ4v) is 1.83. The van der Waals surface area contributed by atoms with Gasteiger partial charge >= 0.3 is 6.18 Å². The lowest BCUT2D eigenvalue weighted by Gasteiger charge is -2.08. The highest BCUT2D eigenvalue weighted by molar-refractivity contribution is 7.89. The number of rotatable bonds is 3. The molecule has 0 spiro atoms. The van der Waals surface area contributed by atoms with Crippen molar-refractivity contribution in [1.29, 1.82) is 0 Å². The molecular formula is C7H6F4N2O2S. The van der Waals surface area contributed by atoms with Gasteiger partial charge in [-0.1, -0.05) is 0 Å². The maximum atomic E-state index is 12.9. The third kappa shape index (κ3) is 3.42. The normalized spacial score (nSPS) is 12.8. The molecule has 0 radical (unpaired) electrons. The number of nitrogens with zero attached hydrogens (tertiary/aromatic N) is 1. The molecule has 0 unspecified atom stereocenters. The molecule has 0 aromatic carbocycles. The molecule has 1 aromatic rings. The summed E-state index contributed by atoms with van der Waals surface area (Å²) in [5, 5.41) is -1.06. The zero-order chi connectivity index (χ0) is 12.4. The number of halogens is 4. The van der Waals surface area contributed by atoms with E-state index in [2.05, 4.69) is 4.98 Å². The van der Waals surface area contributed by atoms with Gasteiger partial charge in [0.15, 0.2) is 5.82 Å². The van der Waals surface area contributed by atoms with Gasteiger partial charge in [-0.15, -0.1) is 0 Å². The summed E-state index contributed by atoms with van der Waals surface area (Å²) in [6.45, 7) is -1.77. The lowest BCUT2D eigenvalue weighted by atomic mass is 10.5. The number of nitrogens with one attached hydrogen (secondary N) is 1. The molecule has 1 N–H and O–H groups in total. The Morgan fingerprint density at radius 3 is 2.50 bits per heavy atom. The lowest BCUT2D eigenvalue weighted by molar-refractivity contribution is -0.121. The van der Waals surface area contributed by atoms with E-state index in [0.29, 0.717) is 0 Å². The van der Waals surface area contributed by atoms with Crippen molar-refractivity contribution in [1.82, 2.24) is 9.71 Å². The Morgan fingerprint density at radius 2 is 2.00 bits per heavy atom. The molecule has 1 rings (SSSR count). The average molecular weight is 258 g/mol. The maximum Gasteiger partial charge on any atom is 0.402 e. The van der Waals surface area contributed by atoms with Crippen LogP contribution in [0.1, 0.15) is 0 Å². The van der Waals surface area contributed by atoms with E-state index < -0.39 is 33.6 Å². The van der Waals surface area contributed by atoms with Crippen LogP contribution in [0, 0.1) is 5.82 Å². The minimum absolute atomic E-state index is 0.787. The van der Waals surface area contributed by atoms with E-state index >= 15 is 0 Å². The second-order valence-electron chi connectivity index (χ2n) is 2.73. The van der Waals surface area contributed by atoms with Crippen LogP contribution in [0.4, 0.5) is 17.6 Å². The molecule has 0 aliphatic carbocycles. The Morgan fingerprint density at radius 1 is 1.38 bits per heavy atom. The molecule has 0 saturated heterocycles. The van der Waals surface area contributed by atoms with E-state index in [4.69, 9.17) is 0 Å². The Hall–Kier alpha value is -1.22. The van der Waals surface area contributed by atoms with Gasteiger partial charge in [0.1, 0.15) is 6.54 Å². The topological polar surface area (TPSA) is 59.1 Å². The van der Waals surface area contributed by atoms with Crippen molar-refractivity contribution in [2.24, 2.45) is 0 Å². The summed E-state index contributed by atoms with van der Waals surface area (Å²) in [6.07, 6.45) is -3.75. The Kier molecular flexibility index (Phi) is 3.48. The van der Waals surface area contributed by atoms with E-state index in [0.717, 1.165) is 18.3 Å². The van der Waals surface area contributed by atoms with Crippen molar-refractivity contribution in [2.45, 2.75) is 11.2 Å². The molecule has 1 aromatic heterocycles. The summed E-state index contributed by atoms with van der Waals surface area (Å²) in [5.74, 6) is -1.21. The smallest absolute Gasteiger partial charge is 0.241 e. The summed E-state index contributed by atoms with van der Waals surface area (Å²) in [4.78, 5) is 3.16. The fraction of sp³-hybridized carbons (Fsp3) is 0.286. The molecule has 1 heterocycles. The number of aromatic nitrogens is 1. The third-order valence-corrected chi connectivity index (χ3v) is 2.78. The van der Waals surface area contributed by atoms with Gasteiger partial charge < -0.3 is 0 Å². The summed E-state index contributed by atoms with van der Waals surface area (Å²) >= 11 is 0. The van der Waals surface area contributed by atoms with Crippen molar-refractivity contribution in [3.8, 4) is 0 Å². The van der Waals surface area contributed by atoms with Gasteiger partial charge in [0.05, 0.1) is 0 Å². The van der Waals surface area contributed by atoms with Gasteiger partial charge in [-0.3, -0.25) is 0 Å². The van der Waals surface area contributed by atoms with E-state index in [-0.39, 0.29) is 0 Å². The van der Waals surface area contributed by atoms with E-state index in [1.807, 2.05) is 0 Å². The highest BCUT2D eigenvalue weighted by atomic mass is 32.2. The third-order valence-electron chi connectivity index (χ3n) is 1.44. The van der Waals surface area contributed by atoms with Gasteiger partial charge in [-0.05, 0) is 12.1 Å². The molecule has 16 heavy (non-hydrogen) atoms. The monoisotopic (exact) mass is 258 g/mol. The van der Waals surface area contributed by atoms with E-state index in [1.165, 1.54) is 4.72 Å². The van der Waals surface area contributed by atoms with Crippen LogP contribution in [0.15, 0.2) is 23.4 Å². The highest BCUT2D eigenvalue weighted by Gasteiger charge is 2.31. The van der Waals surface area contributed by atoms with Crippen LogP contribution in [0.5, 0.6) is 0 Å².